The maximum Gasteiger partial charge on any atom is 0.280 e. The van der Waals surface area contributed by atoms with Crippen LogP contribution in [-0.4, -0.2) is 95.2 Å². The monoisotopic (exact) mass is 620 g/mol. The van der Waals surface area contributed by atoms with Gasteiger partial charge in [-0.05, 0) is 0 Å². The first kappa shape index (κ1) is 28.9. The molecule has 0 saturated carbocycles. The van der Waals surface area contributed by atoms with Crippen molar-refractivity contribution >= 4 is 44.4 Å². The van der Waals surface area contributed by atoms with Crippen LogP contribution in [0, 0.1) is 5.92 Å². The largest absolute Gasteiger partial charge is 0.394 e. The van der Waals surface area contributed by atoms with Crippen LogP contribution in [0.5, 0.6) is 0 Å². The zero-order valence-electron chi connectivity index (χ0n) is 22.2. The summed E-state index contributed by atoms with van der Waals surface area (Å²) in [5.74, 6) is -0.993. The van der Waals surface area contributed by atoms with Crippen LogP contribution in [-0.2, 0) is 19.7 Å². The quantitative estimate of drug-likeness (QED) is 0.0844. The van der Waals surface area contributed by atoms with E-state index in [1.165, 1.54) is 27.9 Å². The van der Waals surface area contributed by atoms with Gasteiger partial charge in [0.15, 0.2) is 22.3 Å². The summed E-state index contributed by atoms with van der Waals surface area (Å²) < 4.78 is 45.5. The van der Waals surface area contributed by atoms with Crippen molar-refractivity contribution in [1.82, 2.24) is 48.5 Å². The lowest BCUT2D eigenvalue weighted by molar-refractivity contribution is -0.0242. The Bertz CT molecular complexity index is 1920. The molecule has 10 N–H and O–H groups in total. The van der Waals surface area contributed by atoms with E-state index in [9.17, 15) is 28.2 Å². The van der Waals surface area contributed by atoms with E-state index in [1.54, 1.807) is 0 Å². The first-order valence-electron chi connectivity index (χ1n) is 12.9. The van der Waals surface area contributed by atoms with Crippen molar-refractivity contribution < 1.29 is 28.1 Å². The fourth-order valence-corrected chi connectivity index (χ4v) is 6.47. The summed E-state index contributed by atoms with van der Waals surface area (Å²) in [6.07, 6.45) is -0.787. The Labute approximate surface area is 241 Å². The molecule has 0 amide bonds. The minimum absolute atomic E-state index is 0.00807. The van der Waals surface area contributed by atoms with Gasteiger partial charge in [-0.25, -0.2) is 9.97 Å². The lowest BCUT2D eigenvalue weighted by Gasteiger charge is -2.20. The third-order valence-corrected chi connectivity index (χ3v) is 8.53. The Hall–Kier alpha value is -4.25. The van der Waals surface area contributed by atoms with Crippen molar-refractivity contribution in [2.45, 2.75) is 43.2 Å². The second-order valence-electron chi connectivity index (χ2n) is 10.0. The number of hydrogen-bond acceptors (Lipinski definition) is 14. The highest BCUT2D eigenvalue weighted by Gasteiger charge is 2.44. The fraction of sp³-hybridized carbons (Fsp3) is 0.455. The second-order valence-corrected chi connectivity index (χ2v) is 11.6. The molecule has 230 valence electrons. The van der Waals surface area contributed by atoms with Gasteiger partial charge in [0, 0.05) is 13.0 Å². The Morgan fingerprint density at radius 3 is 2.26 bits per heavy atom. The number of nitrogen functional groups attached to an aromatic ring is 2. The third kappa shape index (κ3) is 5.15. The van der Waals surface area contributed by atoms with Crippen LogP contribution in [0.15, 0.2) is 34.9 Å². The van der Waals surface area contributed by atoms with Gasteiger partial charge in [0.1, 0.15) is 18.6 Å². The van der Waals surface area contributed by atoms with Crippen LogP contribution in [0.2, 0.25) is 0 Å². The highest BCUT2D eigenvalue weighted by atomic mass is 32.2. The topological polar surface area (TPSA) is 296 Å². The average molecular weight is 621 g/mol. The number of nitrogens with two attached hydrogens (primary N) is 2. The standard InChI is InChI=1S/C22H28N12O8S/c1-2-8-15(36)10(42-20(8)34-7-26-14-17(34)29-22(24)31-19(14)38)4-27-43(39,40)32-9-3-12(41-11(9)5-35)33-6-25-13-16(33)28-21(23)30-18(13)37/h2,6-12,15,20,27,32,35-36H,1,3-5H2,(H3,23,28,30,37)(H3,24,29,31,38). The number of rotatable bonds is 9. The van der Waals surface area contributed by atoms with Crippen LogP contribution in [0.3, 0.4) is 0 Å². The molecule has 0 bridgehead atoms. The van der Waals surface area contributed by atoms with Crippen molar-refractivity contribution in [3.8, 4) is 0 Å². The zero-order chi connectivity index (χ0) is 30.6. The summed E-state index contributed by atoms with van der Waals surface area (Å²) >= 11 is 0. The van der Waals surface area contributed by atoms with Crippen molar-refractivity contribution in [3.05, 3.63) is 46.0 Å². The SMILES string of the molecule is C=CC1C(O)C(CNS(=O)(=O)NC2CC(n3cnc4c(=O)[nH]c(N)nc43)OC2CO)OC1n1cnc2c(=O)[nH]c(N)nc21. The van der Waals surface area contributed by atoms with Gasteiger partial charge in [-0.1, -0.05) is 6.08 Å². The number of aliphatic hydroxyl groups excluding tert-OH is 2. The predicted molar refractivity (Wildman–Crippen MR) is 148 cm³/mol. The molecule has 2 fully saturated rings. The maximum absolute atomic E-state index is 13.0. The third-order valence-electron chi connectivity index (χ3n) is 7.37. The summed E-state index contributed by atoms with van der Waals surface area (Å²) in [5.41, 5.74) is 10.5. The molecule has 0 aliphatic carbocycles. The van der Waals surface area contributed by atoms with Crippen LogP contribution < -0.4 is 32.0 Å². The van der Waals surface area contributed by atoms with E-state index in [-0.39, 0.29) is 47.2 Å². The summed E-state index contributed by atoms with van der Waals surface area (Å²) in [6.45, 7) is 2.88. The van der Waals surface area contributed by atoms with Gasteiger partial charge in [0.05, 0.1) is 43.4 Å². The number of fused-ring (bicyclic) bond motifs is 2. The van der Waals surface area contributed by atoms with Crippen molar-refractivity contribution in [2.24, 2.45) is 5.92 Å². The molecule has 7 atom stereocenters. The van der Waals surface area contributed by atoms with E-state index >= 15 is 0 Å². The van der Waals surface area contributed by atoms with E-state index in [0.29, 0.717) is 0 Å². The minimum Gasteiger partial charge on any atom is -0.394 e. The van der Waals surface area contributed by atoms with Gasteiger partial charge in [0.2, 0.25) is 11.9 Å². The molecular formula is C22H28N12O8S. The first-order chi connectivity index (χ1) is 20.5. The van der Waals surface area contributed by atoms with Crippen molar-refractivity contribution in [3.63, 3.8) is 0 Å². The van der Waals surface area contributed by atoms with Gasteiger partial charge < -0.3 is 31.2 Å². The number of aromatic nitrogens is 8. The van der Waals surface area contributed by atoms with Crippen molar-refractivity contribution in [2.75, 3.05) is 24.6 Å². The lowest BCUT2D eigenvalue weighted by Crippen LogP contribution is -2.49. The Kier molecular flexibility index (Phi) is 7.24. The van der Waals surface area contributed by atoms with Crippen LogP contribution >= 0.6 is 0 Å². The summed E-state index contributed by atoms with van der Waals surface area (Å²) in [5, 5.41) is 20.8. The first-order valence-corrected chi connectivity index (χ1v) is 14.4. The molecule has 0 aromatic carbocycles. The molecule has 4 aromatic rings. The molecule has 7 unspecified atom stereocenters. The molecule has 2 aliphatic rings. The Morgan fingerprint density at radius 1 is 1.05 bits per heavy atom. The highest BCUT2D eigenvalue weighted by Crippen LogP contribution is 2.37. The average Bonchev–Trinajstić information content (AvgIpc) is 3.71. The molecule has 6 rings (SSSR count). The van der Waals surface area contributed by atoms with Gasteiger partial charge in [-0.15, -0.1) is 6.58 Å². The number of aromatic amines is 2. The van der Waals surface area contributed by atoms with Crippen molar-refractivity contribution in [1.29, 1.82) is 0 Å². The number of nitrogens with zero attached hydrogens (tertiary/aromatic N) is 6. The van der Waals surface area contributed by atoms with E-state index in [2.05, 4.69) is 45.9 Å². The minimum atomic E-state index is -4.23. The van der Waals surface area contributed by atoms with E-state index in [1.807, 2.05) is 0 Å². The van der Waals surface area contributed by atoms with Gasteiger partial charge in [-0.2, -0.15) is 27.8 Å². The lowest BCUT2D eigenvalue weighted by atomic mass is 10.00. The number of imidazole rings is 2. The van der Waals surface area contributed by atoms with E-state index < -0.39 is 70.7 Å². The molecular weight excluding hydrogens is 592 g/mol. The van der Waals surface area contributed by atoms with E-state index in [0.717, 1.165) is 0 Å². The Morgan fingerprint density at radius 2 is 1.65 bits per heavy atom. The molecule has 0 radical (unpaired) electrons. The number of anilines is 2. The highest BCUT2D eigenvalue weighted by molar-refractivity contribution is 7.87. The molecule has 6 heterocycles. The zero-order valence-corrected chi connectivity index (χ0v) is 23.0. The summed E-state index contributed by atoms with van der Waals surface area (Å²) in [6, 6.07) is -0.890. The molecule has 20 nitrogen and oxygen atoms in total. The van der Waals surface area contributed by atoms with Crippen LogP contribution in [0.4, 0.5) is 11.9 Å². The number of ether oxygens (including phenoxy) is 2. The second kappa shape index (κ2) is 10.8. The summed E-state index contributed by atoms with van der Waals surface area (Å²) in [4.78, 5) is 45.3. The van der Waals surface area contributed by atoms with Crippen LogP contribution in [0.1, 0.15) is 18.9 Å². The number of hydrogen-bond donors (Lipinski definition) is 8. The smallest absolute Gasteiger partial charge is 0.280 e. The molecule has 2 aliphatic heterocycles. The van der Waals surface area contributed by atoms with E-state index in [4.69, 9.17) is 20.9 Å². The Balaban J connectivity index is 1.15. The summed E-state index contributed by atoms with van der Waals surface area (Å²) in [7, 11) is -4.23. The molecule has 43 heavy (non-hydrogen) atoms. The maximum atomic E-state index is 13.0. The molecule has 0 spiro atoms. The van der Waals surface area contributed by atoms with Crippen LogP contribution in [0.25, 0.3) is 22.3 Å². The molecule has 2 saturated heterocycles. The van der Waals surface area contributed by atoms with Gasteiger partial charge in [0.25, 0.3) is 21.3 Å². The van der Waals surface area contributed by atoms with Gasteiger partial charge in [-0.3, -0.25) is 28.7 Å². The fourth-order valence-electron chi connectivity index (χ4n) is 5.35. The number of aliphatic hydroxyl groups is 2. The van der Waals surface area contributed by atoms with Gasteiger partial charge >= 0.3 is 0 Å². The predicted octanol–water partition coefficient (Wildman–Crippen LogP) is -3.45. The molecule has 21 heteroatoms. The molecule has 4 aromatic heterocycles. The number of nitrogens with one attached hydrogen (secondary N) is 4. The normalized spacial score (nSPS) is 27.8. The number of H-pyrrole nitrogens is 2.